The zero-order valence-corrected chi connectivity index (χ0v) is 12.2. The van der Waals surface area contributed by atoms with Crippen LogP contribution in [0.25, 0.3) is 0 Å². The van der Waals surface area contributed by atoms with Gasteiger partial charge in [0.2, 0.25) is 10.0 Å². The maximum atomic E-state index is 12.1. The van der Waals surface area contributed by atoms with Crippen molar-refractivity contribution < 1.29 is 18.3 Å². The van der Waals surface area contributed by atoms with Crippen LogP contribution in [0, 0.1) is 0 Å². The SMILES string of the molecule is O=C(O)N1CCC(NS(=O)(=O)c2ccc(Cl)cc2)CC1. The number of carboxylic acid groups (broad SMARTS) is 1. The first-order chi connectivity index (χ1) is 9.38. The number of sulfonamides is 1. The van der Waals surface area contributed by atoms with Crippen LogP contribution in [0.2, 0.25) is 5.02 Å². The van der Waals surface area contributed by atoms with E-state index in [4.69, 9.17) is 16.7 Å². The highest BCUT2D eigenvalue weighted by atomic mass is 35.5. The molecule has 0 radical (unpaired) electrons. The van der Waals surface area contributed by atoms with Gasteiger partial charge in [-0.3, -0.25) is 0 Å². The number of hydrogen-bond donors (Lipinski definition) is 2. The van der Waals surface area contributed by atoms with Crippen LogP contribution in [0.4, 0.5) is 4.79 Å². The van der Waals surface area contributed by atoms with Crippen LogP contribution in [0.3, 0.4) is 0 Å². The fourth-order valence-electron chi connectivity index (χ4n) is 2.09. The van der Waals surface area contributed by atoms with Gasteiger partial charge in [0.1, 0.15) is 0 Å². The van der Waals surface area contributed by atoms with Gasteiger partial charge in [0, 0.05) is 24.2 Å². The fourth-order valence-corrected chi connectivity index (χ4v) is 3.52. The minimum absolute atomic E-state index is 0.155. The van der Waals surface area contributed by atoms with Gasteiger partial charge in [-0.1, -0.05) is 11.6 Å². The number of piperidine rings is 1. The van der Waals surface area contributed by atoms with Gasteiger partial charge in [0.15, 0.2) is 0 Å². The van der Waals surface area contributed by atoms with Gasteiger partial charge in [-0.15, -0.1) is 0 Å². The highest BCUT2D eigenvalue weighted by Crippen LogP contribution is 2.17. The predicted octanol–water partition coefficient (Wildman–Crippen LogP) is 1.76. The summed E-state index contributed by atoms with van der Waals surface area (Å²) < 4.78 is 26.9. The Morgan fingerprint density at radius 1 is 1.25 bits per heavy atom. The van der Waals surface area contributed by atoms with E-state index in [2.05, 4.69) is 4.72 Å². The molecule has 2 N–H and O–H groups in total. The van der Waals surface area contributed by atoms with Crippen molar-refractivity contribution in [3.05, 3.63) is 29.3 Å². The third kappa shape index (κ3) is 3.62. The highest BCUT2D eigenvalue weighted by Gasteiger charge is 2.26. The number of carbonyl (C=O) groups is 1. The Morgan fingerprint density at radius 3 is 2.30 bits per heavy atom. The first kappa shape index (κ1) is 15.1. The summed E-state index contributed by atoms with van der Waals surface area (Å²) in [6.45, 7) is 0.673. The molecule has 2 rings (SSSR count). The van der Waals surface area contributed by atoms with Crippen molar-refractivity contribution in [1.82, 2.24) is 9.62 Å². The lowest BCUT2D eigenvalue weighted by Gasteiger charge is -2.30. The molecule has 8 heteroatoms. The van der Waals surface area contributed by atoms with E-state index in [0.29, 0.717) is 31.0 Å². The molecule has 20 heavy (non-hydrogen) atoms. The number of nitrogens with one attached hydrogen (secondary N) is 1. The Morgan fingerprint density at radius 2 is 1.80 bits per heavy atom. The number of amides is 1. The maximum absolute atomic E-state index is 12.1. The molecule has 1 heterocycles. The zero-order valence-electron chi connectivity index (χ0n) is 10.6. The molecule has 1 aromatic carbocycles. The van der Waals surface area contributed by atoms with E-state index in [-0.39, 0.29) is 10.9 Å². The van der Waals surface area contributed by atoms with Gasteiger partial charge < -0.3 is 10.0 Å². The molecule has 0 saturated carbocycles. The van der Waals surface area contributed by atoms with Crippen molar-refractivity contribution in [2.45, 2.75) is 23.8 Å². The summed E-state index contributed by atoms with van der Waals surface area (Å²) in [5, 5.41) is 9.31. The number of benzene rings is 1. The van der Waals surface area contributed by atoms with Crippen molar-refractivity contribution in [3.8, 4) is 0 Å². The average Bonchev–Trinajstić information content (AvgIpc) is 2.39. The number of likely N-dealkylation sites (tertiary alicyclic amines) is 1. The van der Waals surface area contributed by atoms with Crippen LogP contribution in [0.1, 0.15) is 12.8 Å². The van der Waals surface area contributed by atoms with Gasteiger partial charge in [0.05, 0.1) is 4.90 Å². The molecule has 6 nitrogen and oxygen atoms in total. The van der Waals surface area contributed by atoms with Crippen molar-refractivity contribution in [2.24, 2.45) is 0 Å². The average molecular weight is 319 g/mol. The lowest BCUT2D eigenvalue weighted by atomic mass is 10.1. The first-order valence-electron chi connectivity index (χ1n) is 6.14. The fraction of sp³-hybridized carbons (Fsp3) is 0.417. The maximum Gasteiger partial charge on any atom is 0.407 e. The van der Waals surface area contributed by atoms with E-state index in [1.165, 1.54) is 29.2 Å². The smallest absolute Gasteiger partial charge is 0.407 e. The summed E-state index contributed by atoms with van der Waals surface area (Å²) in [6, 6.07) is 5.67. The molecule has 1 aliphatic heterocycles. The topological polar surface area (TPSA) is 86.7 Å². The molecule has 1 amide bonds. The van der Waals surface area contributed by atoms with E-state index in [1.807, 2.05) is 0 Å². The molecule has 1 aliphatic rings. The van der Waals surface area contributed by atoms with E-state index in [9.17, 15) is 13.2 Å². The van der Waals surface area contributed by atoms with Crippen LogP contribution in [-0.4, -0.2) is 43.6 Å². The molecular weight excluding hydrogens is 304 g/mol. The van der Waals surface area contributed by atoms with Gasteiger partial charge >= 0.3 is 6.09 Å². The van der Waals surface area contributed by atoms with Gasteiger partial charge in [-0.2, -0.15) is 0 Å². The van der Waals surface area contributed by atoms with Gasteiger partial charge in [-0.25, -0.2) is 17.9 Å². The summed E-state index contributed by atoms with van der Waals surface area (Å²) >= 11 is 5.72. The minimum atomic E-state index is -3.59. The Balaban J connectivity index is 2.00. The molecule has 0 atom stereocenters. The molecule has 0 aromatic heterocycles. The normalized spacial score (nSPS) is 17.1. The zero-order chi connectivity index (χ0) is 14.8. The quantitative estimate of drug-likeness (QED) is 0.889. The number of halogens is 1. The number of nitrogens with zero attached hydrogens (tertiary/aromatic N) is 1. The van der Waals surface area contributed by atoms with Crippen molar-refractivity contribution in [3.63, 3.8) is 0 Å². The summed E-state index contributed by atoms with van der Waals surface area (Å²) in [7, 11) is -3.59. The molecule has 110 valence electrons. The lowest BCUT2D eigenvalue weighted by molar-refractivity contribution is 0.131. The van der Waals surface area contributed by atoms with Crippen LogP contribution in [0.15, 0.2) is 29.2 Å². The third-order valence-corrected chi connectivity index (χ3v) is 5.00. The van der Waals surface area contributed by atoms with E-state index in [0.717, 1.165) is 0 Å². The summed E-state index contributed by atoms with van der Waals surface area (Å²) in [5.41, 5.74) is 0. The molecule has 1 fully saturated rings. The Bertz CT molecular complexity index is 580. The molecule has 0 bridgehead atoms. The Kier molecular flexibility index (Phi) is 4.52. The predicted molar refractivity (Wildman–Crippen MR) is 74.4 cm³/mol. The van der Waals surface area contributed by atoms with Crippen LogP contribution in [0.5, 0.6) is 0 Å². The van der Waals surface area contributed by atoms with Crippen LogP contribution in [-0.2, 0) is 10.0 Å². The molecule has 0 aliphatic carbocycles. The van der Waals surface area contributed by atoms with Crippen LogP contribution < -0.4 is 4.72 Å². The Hall–Kier alpha value is -1.31. The second-order valence-electron chi connectivity index (χ2n) is 4.62. The number of hydrogen-bond acceptors (Lipinski definition) is 3. The van der Waals surface area contributed by atoms with Gasteiger partial charge in [-0.05, 0) is 37.1 Å². The van der Waals surface area contributed by atoms with E-state index >= 15 is 0 Å². The molecule has 1 saturated heterocycles. The molecule has 0 spiro atoms. The lowest BCUT2D eigenvalue weighted by Crippen LogP contribution is -2.46. The largest absolute Gasteiger partial charge is 0.465 e. The van der Waals surface area contributed by atoms with E-state index < -0.39 is 16.1 Å². The van der Waals surface area contributed by atoms with Crippen molar-refractivity contribution in [2.75, 3.05) is 13.1 Å². The second-order valence-corrected chi connectivity index (χ2v) is 6.77. The van der Waals surface area contributed by atoms with Crippen LogP contribution >= 0.6 is 11.6 Å². The monoisotopic (exact) mass is 318 g/mol. The first-order valence-corrected chi connectivity index (χ1v) is 8.00. The summed E-state index contributed by atoms with van der Waals surface area (Å²) in [4.78, 5) is 12.2. The molecular formula is C12H15ClN2O4S. The Labute approximate surface area is 122 Å². The number of rotatable bonds is 3. The molecule has 0 unspecified atom stereocenters. The minimum Gasteiger partial charge on any atom is -0.465 e. The second kappa shape index (κ2) is 5.99. The van der Waals surface area contributed by atoms with Gasteiger partial charge in [0.25, 0.3) is 0 Å². The third-order valence-electron chi connectivity index (χ3n) is 3.21. The summed E-state index contributed by atoms with van der Waals surface area (Å²) in [6.07, 6.45) is -0.0258. The summed E-state index contributed by atoms with van der Waals surface area (Å²) in [5.74, 6) is 0. The molecule has 1 aromatic rings. The van der Waals surface area contributed by atoms with E-state index in [1.54, 1.807) is 0 Å². The highest BCUT2D eigenvalue weighted by molar-refractivity contribution is 7.89. The van der Waals surface area contributed by atoms with Crippen molar-refractivity contribution >= 4 is 27.7 Å². The standard InChI is InChI=1S/C12H15ClN2O4S/c13-9-1-3-11(4-2-9)20(18,19)14-10-5-7-15(8-6-10)12(16)17/h1-4,10,14H,5-8H2,(H,16,17). The van der Waals surface area contributed by atoms with Crippen molar-refractivity contribution in [1.29, 1.82) is 0 Å².